The summed E-state index contributed by atoms with van der Waals surface area (Å²) in [4.78, 5) is 25.0. The van der Waals surface area contributed by atoms with Crippen molar-refractivity contribution in [2.45, 2.75) is 31.8 Å². The molecule has 156 valence electrons. The van der Waals surface area contributed by atoms with Gasteiger partial charge < -0.3 is 14.5 Å². The molecule has 2 aliphatic rings. The number of benzene rings is 1. The molecule has 0 N–H and O–H groups in total. The predicted molar refractivity (Wildman–Crippen MR) is 116 cm³/mol. The third-order valence-electron chi connectivity index (χ3n) is 6.08. The second-order valence-corrected chi connectivity index (χ2v) is 8.03. The lowest BCUT2D eigenvalue weighted by atomic mass is 10.2. The lowest BCUT2D eigenvalue weighted by Gasteiger charge is -2.36. The van der Waals surface area contributed by atoms with E-state index in [2.05, 4.69) is 43.1 Å². The van der Waals surface area contributed by atoms with Gasteiger partial charge >= 0.3 is 0 Å². The Morgan fingerprint density at radius 3 is 2.50 bits per heavy atom. The fourth-order valence-electron chi connectivity index (χ4n) is 4.33. The van der Waals surface area contributed by atoms with Crippen LogP contribution in [0.1, 0.15) is 25.7 Å². The van der Waals surface area contributed by atoms with Gasteiger partial charge in [-0.3, -0.25) is 4.79 Å². The predicted octanol–water partition coefficient (Wildman–Crippen LogP) is 2.37. The van der Waals surface area contributed by atoms with Crippen molar-refractivity contribution in [2.24, 2.45) is 7.05 Å². The van der Waals surface area contributed by atoms with Gasteiger partial charge in [-0.25, -0.2) is 14.6 Å². The minimum atomic E-state index is -0.0913. The lowest BCUT2D eigenvalue weighted by molar-refractivity contribution is 0.204. The van der Waals surface area contributed by atoms with E-state index in [4.69, 9.17) is 4.74 Å². The van der Waals surface area contributed by atoms with E-state index in [9.17, 15) is 4.79 Å². The van der Waals surface area contributed by atoms with E-state index < -0.39 is 0 Å². The Labute approximate surface area is 175 Å². The van der Waals surface area contributed by atoms with Gasteiger partial charge in [0.2, 0.25) is 5.88 Å². The number of anilines is 2. The maximum Gasteiger partial charge on any atom is 0.266 e. The van der Waals surface area contributed by atoms with E-state index in [1.165, 1.54) is 17.5 Å². The molecule has 3 aromatic rings. The number of ether oxygens (including phenoxy) is 1. The normalized spacial score (nSPS) is 17.6. The average molecular weight is 406 g/mol. The lowest BCUT2D eigenvalue weighted by Crippen LogP contribution is -2.47. The van der Waals surface area contributed by atoms with Crippen LogP contribution in [-0.4, -0.2) is 52.0 Å². The number of hydrogen-bond donors (Lipinski definition) is 0. The SMILES string of the molecule is Cn1nc(N2CCN(c3ccc4ncnc(OC5CCCC5)c4c3)CC2)ccc1=O. The summed E-state index contributed by atoms with van der Waals surface area (Å²) in [6.07, 6.45) is 6.52. The molecule has 1 saturated carbocycles. The summed E-state index contributed by atoms with van der Waals surface area (Å²) in [6.45, 7) is 3.45. The molecule has 0 spiro atoms. The zero-order valence-corrected chi connectivity index (χ0v) is 17.2. The van der Waals surface area contributed by atoms with E-state index in [0.29, 0.717) is 5.88 Å². The number of nitrogens with zero attached hydrogens (tertiary/aromatic N) is 6. The molecule has 5 rings (SSSR count). The smallest absolute Gasteiger partial charge is 0.266 e. The Morgan fingerprint density at radius 2 is 1.73 bits per heavy atom. The van der Waals surface area contributed by atoms with Crippen LogP contribution in [0.15, 0.2) is 41.5 Å². The van der Waals surface area contributed by atoms with Gasteiger partial charge in [0.05, 0.1) is 10.9 Å². The van der Waals surface area contributed by atoms with Gasteiger partial charge in [-0.15, -0.1) is 0 Å². The van der Waals surface area contributed by atoms with Crippen LogP contribution in [0.25, 0.3) is 10.9 Å². The minimum Gasteiger partial charge on any atom is -0.474 e. The number of piperazine rings is 1. The van der Waals surface area contributed by atoms with Crippen molar-refractivity contribution in [2.75, 3.05) is 36.0 Å². The summed E-state index contributed by atoms with van der Waals surface area (Å²) in [6, 6.07) is 9.70. The van der Waals surface area contributed by atoms with E-state index in [0.717, 1.165) is 61.4 Å². The van der Waals surface area contributed by atoms with Crippen LogP contribution in [0.4, 0.5) is 11.5 Å². The van der Waals surface area contributed by atoms with E-state index in [1.54, 1.807) is 25.5 Å². The Kier molecular flexibility index (Phi) is 4.98. The average Bonchev–Trinajstić information content (AvgIpc) is 3.29. The highest BCUT2D eigenvalue weighted by atomic mass is 16.5. The van der Waals surface area contributed by atoms with Crippen LogP contribution in [0.3, 0.4) is 0 Å². The molecule has 1 aliphatic carbocycles. The van der Waals surface area contributed by atoms with E-state index in [-0.39, 0.29) is 11.7 Å². The number of aryl methyl sites for hydroxylation is 1. The first kappa shape index (κ1) is 18.8. The van der Waals surface area contributed by atoms with E-state index in [1.807, 2.05) is 0 Å². The van der Waals surface area contributed by atoms with Crippen molar-refractivity contribution in [3.8, 4) is 5.88 Å². The molecule has 8 nitrogen and oxygen atoms in total. The van der Waals surface area contributed by atoms with Crippen molar-refractivity contribution < 1.29 is 4.74 Å². The quantitative estimate of drug-likeness (QED) is 0.658. The van der Waals surface area contributed by atoms with Crippen molar-refractivity contribution >= 4 is 22.4 Å². The highest BCUT2D eigenvalue weighted by Gasteiger charge is 2.21. The van der Waals surface area contributed by atoms with Crippen LogP contribution in [0, 0.1) is 0 Å². The maximum absolute atomic E-state index is 11.6. The molecule has 1 aromatic carbocycles. The largest absolute Gasteiger partial charge is 0.474 e. The van der Waals surface area contributed by atoms with Crippen LogP contribution in [0.5, 0.6) is 5.88 Å². The summed E-state index contributed by atoms with van der Waals surface area (Å²) in [7, 11) is 1.68. The number of aromatic nitrogens is 4. The standard InChI is InChI=1S/C22H26N6O2/c1-26-21(29)9-8-20(25-26)28-12-10-27(11-13-28)16-6-7-19-18(14-16)22(24-15-23-19)30-17-4-2-3-5-17/h6-9,14-15,17H,2-5,10-13H2,1H3. The summed E-state index contributed by atoms with van der Waals surface area (Å²) in [5, 5.41) is 5.35. The van der Waals surface area contributed by atoms with Gasteiger partial charge in [-0.1, -0.05) is 0 Å². The Bertz CT molecular complexity index is 1100. The third kappa shape index (κ3) is 3.69. The van der Waals surface area contributed by atoms with Gasteiger partial charge in [0.15, 0.2) is 0 Å². The summed E-state index contributed by atoms with van der Waals surface area (Å²) >= 11 is 0. The van der Waals surface area contributed by atoms with Gasteiger partial charge in [0, 0.05) is 45.0 Å². The number of fused-ring (bicyclic) bond motifs is 1. The molecule has 8 heteroatoms. The number of hydrogen-bond acceptors (Lipinski definition) is 7. The molecule has 0 amide bonds. The first-order valence-corrected chi connectivity index (χ1v) is 10.6. The highest BCUT2D eigenvalue weighted by Crippen LogP contribution is 2.30. The first-order chi connectivity index (χ1) is 14.7. The van der Waals surface area contributed by atoms with Crippen molar-refractivity contribution in [1.29, 1.82) is 0 Å². The highest BCUT2D eigenvalue weighted by molar-refractivity contribution is 5.86. The summed E-state index contributed by atoms with van der Waals surface area (Å²) in [5.41, 5.74) is 1.97. The fraction of sp³-hybridized carbons (Fsp3) is 0.455. The summed E-state index contributed by atoms with van der Waals surface area (Å²) in [5.74, 6) is 1.54. The second-order valence-electron chi connectivity index (χ2n) is 8.03. The van der Waals surface area contributed by atoms with Gasteiger partial charge in [0.25, 0.3) is 5.56 Å². The molecule has 0 unspecified atom stereocenters. The molecule has 1 aliphatic heterocycles. The van der Waals surface area contributed by atoms with Crippen molar-refractivity contribution in [3.05, 3.63) is 47.0 Å². The van der Waals surface area contributed by atoms with E-state index >= 15 is 0 Å². The zero-order valence-electron chi connectivity index (χ0n) is 17.2. The molecule has 2 fully saturated rings. The molecule has 2 aromatic heterocycles. The van der Waals surface area contributed by atoms with Crippen LogP contribution in [0.2, 0.25) is 0 Å². The van der Waals surface area contributed by atoms with Crippen LogP contribution in [-0.2, 0) is 7.05 Å². The maximum atomic E-state index is 11.6. The Balaban J connectivity index is 1.33. The molecule has 30 heavy (non-hydrogen) atoms. The van der Waals surface area contributed by atoms with Gasteiger partial charge in [-0.05, 0) is 49.9 Å². The molecule has 0 bridgehead atoms. The van der Waals surface area contributed by atoms with Gasteiger partial charge in [0.1, 0.15) is 18.2 Å². The Hall–Kier alpha value is -3.16. The van der Waals surface area contributed by atoms with Gasteiger partial charge in [-0.2, -0.15) is 5.10 Å². The molecule has 1 saturated heterocycles. The second kappa shape index (κ2) is 7.93. The molecule has 3 heterocycles. The molecule has 0 atom stereocenters. The minimum absolute atomic E-state index is 0.0913. The molecule has 0 radical (unpaired) electrons. The monoisotopic (exact) mass is 406 g/mol. The Morgan fingerprint density at radius 1 is 0.967 bits per heavy atom. The first-order valence-electron chi connectivity index (χ1n) is 10.6. The van der Waals surface area contributed by atoms with Crippen LogP contribution >= 0.6 is 0 Å². The topological polar surface area (TPSA) is 76.4 Å². The fourth-order valence-corrected chi connectivity index (χ4v) is 4.33. The number of rotatable bonds is 4. The zero-order chi connectivity index (χ0) is 20.5. The van der Waals surface area contributed by atoms with Crippen molar-refractivity contribution in [3.63, 3.8) is 0 Å². The molecular weight excluding hydrogens is 380 g/mol. The van der Waals surface area contributed by atoms with Crippen molar-refractivity contribution in [1.82, 2.24) is 19.7 Å². The summed E-state index contributed by atoms with van der Waals surface area (Å²) < 4.78 is 7.60. The van der Waals surface area contributed by atoms with Crippen LogP contribution < -0.4 is 20.1 Å². The third-order valence-corrected chi connectivity index (χ3v) is 6.08. The molecular formula is C22H26N6O2.